The first-order valence-electron chi connectivity index (χ1n) is 6.06. The van der Waals surface area contributed by atoms with Crippen LogP contribution < -0.4 is 5.32 Å². The number of halogens is 3. The zero-order valence-electron chi connectivity index (χ0n) is 10.5. The zero-order chi connectivity index (χ0) is 13.8. The third kappa shape index (κ3) is 3.31. The number of nitrogens with one attached hydrogen (secondary N) is 1. The van der Waals surface area contributed by atoms with E-state index in [1.165, 1.54) is 18.2 Å². The molecular formula is C15H14ClF2N. The normalized spacial score (nSPS) is 10.7. The predicted molar refractivity (Wildman–Crippen MR) is 74.2 cm³/mol. The second-order valence-corrected chi connectivity index (χ2v) is 4.62. The van der Waals surface area contributed by atoms with Crippen molar-refractivity contribution in [3.05, 3.63) is 58.6 Å². The molecule has 19 heavy (non-hydrogen) atoms. The molecule has 0 amide bonds. The Labute approximate surface area is 116 Å². The molecular weight excluding hydrogens is 268 g/mol. The fourth-order valence-electron chi connectivity index (χ4n) is 1.91. The molecule has 2 aromatic carbocycles. The van der Waals surface area contributed by atoms with Crippen molar-refractivity contribution in [3.63, 3.8) is 0 Å². The monoisotopic (exact) mass is 281 g/mol. The summed E-state index contributed by atoms with van der Waals surface area (Å²) < 4.78 is 26.5. The van der Waals surface area contributed by atoms with Gasteiger partial charge in [-0.15, -0.1) is 0 Å². The van der Waals surface area contributed by atoms with Gasteiger partial charge < -0.3 is 5.32 Å². The van der Waals surface area contributed by atoms with Gasteiger partial charge in [0.05, 0.1) is 5.02 Å². The van der Waals surface area contributed by atoms with Crippen LogP contribution in [0.5, 0.6) is 0 Å². The topological polar surface area (TPSA) is 12.0 Å². The van der Waals surface area contributed by atoms with Crippen molar-refractivity contribution in [2.75, 3.05) is 6.54 Å². The van der Waals surface area contributed by atoms with Crippen LogP contribution in [0.15, 0.2) is 36.4 Å². The third-order valence-corrected chi connectivity index (χ3v) is 3.15. The second-order valence-electron chi connectivity index (χ2n) is 4.21. The molecule has 2 aromatic rings. The SMILES string of the molecule is CCNCc1cc(F)ccc1-c1ccc(F)c(Cl)c1. The Balaban J connectivity index is 2.45. The van der Waals surface area contributed by atoms with Gasteiger partial charge in [0.1, 0.15) is 11.6 Å². The first-order valence-corrected chi connectivity index (χ1v) is 6.44. The Morgan fingerprint density at radius 2 is 1.89 bits per heavy atom. The largest absolute Gasteiger partial charge is 0.313 e. The van der Waals surface area contributed by atoms with E-state index in [9.17, 15) is 8.78 Å². The molecule has 1 N–H and O–H groups in total. The average Bonchev–Trinajstić information content (AvgIpc) is 2.40. The summed E-state index contributed by atoms with van der Waals surface area (Å²) in [5.41, 5.74) is 2.45. The van der Waals surface area contributed by atoms with Crippen molar-refractivity contribution in [3.8, 4) is 11.1 Å². The van der Waals surface area contributed by atoms with Gasteiger partial charge >= 0.3 is 0 Å². The van der Waals surface area contributed by atoms with Crippen molar-refractivity contribution in [1.29, 1.82) is 0 Å². The highest BCUT2D eigenvalue weighted by Gasteiger charge is 2.08. The predicted octanol–water partition coefficient (Wildman–Crippen LogP) is 4.39. The lowest BCUT2D eigenvalue weighted by atomic mass is 9.99. The van der Waals surface area contributed by atoms with Gasteiger partial charge in [-0.05, 0) is 47.5 Å². The van der Waals surface area contributed by atoms with E-state index in [4.69, 9.17) is 11.6 Å². The Bertz CT molecular complexity index is 584. The van der Waals surface area contributed by atoms with E-state index < -0.39 is 5.82 Å². The van der Waals surface area contributed by atoms with Crippen LogP contribution in [0, 0.1) is 11.6 Å². The molecule has 4 heteroatoms. The molecule has 0 aliphatic carbocycles. The van der Waals surface area contributed by atoms with Crippen LogP contribution in [0.1, 0.15) is 12.5 Å². The molecule has 0 aliphatic heterocycles. The maximum Gasteiger partial charge on any atom is 0.141 e. The molecule has 0 aromatic heterocycles. The summed E-state index contributed by atoms with van der Waals surface area (Å²) in [6, 6.07) is 9.07. The fourth-order valence-corrected chi connectivity index (χ4v) is 2.09. The smallest absolute Gasteiger partial charge is 0.141 e. The summed E-state index contributed by atoms with van der Waals surface area (Å²) in [4.78, 5) is 0. The van der Waals surface area contributed by atoms with Gasteiger partial charge in [0.25, 0.3) is 0 Å². The van der Waals surface area contributed by atoms with Gasteiger partial charge in [0.2, 0.25) is 0 Å². The Kier molecular flexibility index (Phi) is 4.51. The van der Waals surface area contributed by atoms with Crippen molar-refractivity contribution >= 4 is 11.6 Å². The van der Waals surface area contributed by atoms with Gasteiger partial charge in [-0.2, -0.15) is 0 Å². The van der Waals surface area contributed by atoms with Crippen molar-refractivity contribution in [1.82, 2.24) is 5.32 Å². The van der Waals surface area contributed by atoms with Crippen LogP contribution in [-0.2, 0) is 6.54 Å². The number of benzene rings is 2. The molecule has 0 radical (unpaired) electrons. The summed E-state index contributed by atoms with van der Waals surface area (Å²) >= 11 is 5.79. The van der Waals surface area contributed by atoms with Gasteiger partial charge in [0.15, 0.2) is 0 Å². The van der Waals surface area contributed by atoms with E-state index >= 15 is 0 Å². The van der Waals surface area contributed by atoms with Gasteiger partial charge in [-0.1, -0.05) is 30.7 Å². The minimum atomic E-state index is -0.458. The number of hydrogen-bond acceptors (Lipinski definition) is 1. The van der Waals surface area contributed by atoms with Crippen LogP contribution >= 0.6 is 11.6 Å². The molecule has 100 valence electrons. The Hall–Kier alpha value is -1.45. The molecule has 2 rings (SSSR count). The van der Waals surface area contributed by atoms with Crippen LogP contribution in [0.25, 0.3) is 11.1 Å². The molecule has 0 bridgehead atoms. The zero-order valence-corrected chi connectivity index (χ0v) is 11.3. The molecule has 0 unspecified atom stereocenters. The van der Waals surface area contributed by atoms with Crippen LogP contribution in [0.3, 0.4) is 0 Å². The lowest BCUT2D eigenvalue weighted by molar-refractivity contribution is 0.622. The third-order valence-electron chi connectivity index (χ3n) is 2.86. The highest BCUT2D eigenvalue weighted by molar-refractivity contribution is 6.31. The summed E-state index contributed by atoms with van der Waals surface area (Å²) in [6.45, 7) is 3.33. The number of rotatable bonds is 4. The van der Waals surface area contributed by atoms with Crippen molar-refractivity contribution in [2.45, 2.75) is 13.5 Å². The Morgan fingerprint density at radius 3 is 2.58 bits per heavy atom. The standard InChI is InChI=1S/C15H14ClF2N/c1-2-19-9-11-7-12(17)4-5-13(11)10-3-6-15(18)14(16)8-10/h3-8,19H,2,9H2,1H3. The van der Waals surface area contributed by atoms with E-state index in [1.54, 1.807) is 18.2 Å². The minimum Gasteiger partial charge on any atom is -0.313 e. The van der Waals surface area contributed by atoms with Gasteiger partial charge in [-0.25, -0.2) is 8.78 Å². The van der Waals surface area contributed by atoms with Gasteiger partial charge in [-0.3, -0.25) is 0 Å². The van der Waals surface area contributed by atoms with Crippen LogP contribution in [0.2, 0.25) is 5.02 Å². The van der Waals surface area contributed by atoms with E-state index in [1.807, 2.05) is 6.92 Å². The molecule has 0 aliphatic rings. The molecule has 0 spiro atoms. The summed E-state index contributed by atoms with van der Waals surface area (Å²) in [5.74, 6) is -0.745. The molecule has 0 saturated heterocycles. The summed E-state index contributed by atoms with van der Waals surface area (Å²) in [7, 11) is 0. The first kappa shape index (κ1) is 14.0. The molecule has 0 heterocycles. The lowest BCUT2D eigenvalue weighted by Gasteiger charge is -2.11. The maximum absolute atomic E-state index is 13.3. The molecule has 1 nitrogen and oxygen atoms in total. The summed E-state index contributed by atoms with van der Waals surface area (Å²) in [6.07, 6.45) is 0. The van der Waals surface area contributed by atoms with E-state index in [0.717, 1.165) is 23.2 Å². The molecule has 0 fully saturated rings. The quantitative estimate of drug-likeness (QED) is 0.876. The maximum atomic E-state index is 13.3. The second kappa shape index (κ2) is 6.13. The van der Waals surface area contributed by atoms with Gasteiger partial charge in [0, 0.05) is 6.54 Å². The van der Waals surface area contributed by atoms with Crippen molar-refractivity contribution in [2.24, 2.45) is 0 Å². The molecule has 0 saturated carbocycles. The lowest BCUT2D eigenvalue weighted by Crippen LogP contribution is -2.12. The number of hydrogen-bond donors (Lipinski definition) is 1. The fraction of sp³-hybridized carbons (Fsp3) is 0.200. The van der Waals surface area contributed by atoms with Crippen LogP contribution in [0.4, 0.5) is 8.78 Å². The average molecular weight is 282 g/mol. The van der Waals surface area contributed by atoms with E-state index in [-0.39, 0.29) is 10.8 Å². The minimum absolute atomic E-state index is 0.0659. The van der Waals surface area contributed by atoms with Crippen LogP contribution in [-0.4, -0.2) is 6.54 Å². The Morgan fingerprint density at radius 1 is 1.11 bits per heavy atom. The molecule has 0 atom stereocenters. The highest BCUT2D eigenvalue weighted by Crippen LogP contribution is 2.28. The summed E-state index contributed by atoms with van der Waals surface area (Å²) in [5, 5.41) is 3.22. The van der Waals surface area contributed by atoms with E-state index in [2.05, 4.69) is 5.32 Å². The highest BCUT2D eigenvalue weighted by atomic mass is 35.5. The van der Waals surface area contributed by atoms with E-state index in [0.29, 0.717) is 6.54 Å². The van der Waals surface area contributed by atoms with Crippen molar-refractivity contribution < 1.29 is 8.78 Å². The first-order chi connectivity index (χ1) is 9.11.